The van der Waals surface area contributed by atoms with Crippen molar-refractivity contribution in [2.45, 2.75) is 28.2 Å². The predicted octanol–water partition coefficient (Wildman–Crippen LogP) is 3.12. The molecule has 84 valence electrons. The molecule has 1 aromatic carbocycles. The Kier molecular flexibility index (Phi) is 8.94. The van der Waals surface area contributed by atoms with Gasteiger partial charge in [0.1, 0.15) is 17.8 Å². The van der Waals surface area contributed by atoms with Crippen LogP contribution in [0.2, 0.25) is 0 Å². The first kappa shape index (κ1) is 16.3. The van der Waals surface area contributed by atoms with Crippen LogP contribution in [0.15, 0.2) is 18.2 Å². The molecule has 0 spiro atoms. The molecule has 0 atom stereocenters. The van der Waals surface area contributed by atoms with E-state index in [1.165, 1.54) is 17.6 Å². The Morgan fingerprint density at radius 1 is 1.27 bits per heavy atom. The second kappa shape index (κ2) is 8.22. The van der Waals surface area contributed by atoms with Crippen LogP contribution in [0.4, 0.5) is 0 Å². The van der Waals surface area contributed by atoms with E-state index < -0.39 is 0 Å². The Balaban J connectivity index is 0. The molecule has 0 saturated carbocycles. The smallest absolute Gasteiger partial charge is 0.145 e. The molecule has 0 saturated heterocycles. The first-order chi connectivity index (χ1) is 6.24. The van der Waals surface area contributed by atoms with Gasteiger partial charge in [-0.1, -0.05) is 31.0 Å². The van der Waals surface area contributed by atoms with E-state index in [9.17, 15) is 0 Å². The van der Waals surface area contributed by atoms with Crippen molar-refractivity contribution < 1.29 is 9.66 Å². The maximum Gasteiger partial charge on any atom is 0.145 e. The zero-order valence-electron chi connectivity index (χ0n) is 8.55. The lowest BCUT2D eigenvalue weighted by Gasteiger charge is -2.04. The van der Waals surface area contributed by atoms with Gasteiger partial charge < -0.3 is 9.66 Å². The fraction of sp³-hybridized carbons (Fsp3) is 0.333. The van der Waals surface area contributed by atoms with Crippen molar-refractivity contribution in [3.8, 4) is 16.9 Å². The minimum Gasteiger partial charge on any atom is -0.412 e. The van der Waals surface area contributed by atoms with Crippen molar-refractivity contribution in [1.82, 2.24) is 0 Å². The van der Waals surface area contributed by atoms with Crippen LogP contribution in [-0.4, -0.2) is 5.48 Å². The summed E-state index contributed by atoms with van der Waals surface area (Å²) in [6.45, 7) is 5.89. The normalized spacial score (nSPS) is 7.67. The van der Waals surface area contributed by atoms with Crippen LogP contribution in [0.3, 0.4) is 0 Å². The average molecular weight is 226 g/mol. The van der Waals surface area contributed by atoms with Gasteiger partial charge in [-0.2, -0.15) is 0 Å². The molecule has 2 nitrogen and oxygen atoms in total. The lowest BCUT2D eigenvalue weighted by atomic mass is 10.1. The van der Waals surface area contributed by atoms with Gasteiger partial charge in [0.2, 0.25) is 0 Å². The summed E-state index contributed by atoms with van der Waals surface area (Å²) < 4.78 is 5.38. The van der Waals surface area contributed by atoms with Crippen LogP contribution in [0.25, 0.3) is 0 Å². The molecule has 0 aliphatic heterocycles. The highest BCUT2D eigenvalue weighted by atomic mass is 32.2. The van der Waals surface area contributed by atoms with Crippen molar-refractivity contribution in [1.29, 1.82) is 0 Å². The minimum atomic E-state index is 0. The van der Waals surface area contributed by atoms with Crippen LogP contribution < -0.4 is 4.18 Å². The summed E-state index contributed by atoms with van der Waals surface area (Å²) in [5, 5.41) is 2.78. The van der Waals surface area contributed by atoms with Gasteiger partial charge in [0, 0.05) is 5.25 Å². The molecule has 0 unspecified atom stereocenters. The van der Waals surface area contributed by atoms with Crippen molar-refractivity contribution in [2.24, 2.45) is 0 Å². The SMILES string of the molecule is C.CC#CSOc1ccc(C)cc1C.O. The molecule has 0 amide bonds. The second-order valence-corrected chi connectivity index (χ2v) is 3.33. The van der Waals surface area contributed by atoms with Crippen molar-refractivity contribution >= 4 is 12.0 Å². The quantitative estimate of drug-likeness (QED) is 0.574. The van der Waals surface area contributed by atoms with Gasteiger partial charge in [0.05, 0.1) is 0 Å². The summed E-state index contributed by atoms with van der Waals surface area (Å²) >= 11 is 1.17. The molecule has 0 heterocycles. The van der Waals surface area contributed by atoms with Crippen molar-refractivity contribution in [3.05, 3.63) is 29.3 Å². The van der Waals surface area contributed by atoms with Crippen LogP contribution >= 0.6 is 12.0 Å². The Morgan fingerprint density at radius 2 is 1.93 bits per heavy atom. The van der Waals surface area contributed by atoms with Crippen molar-refractivity contribution in [2.75, 3.05) is 0 Å². The molecule has 0 radical (unpaired) electrons. The maximum atomic E-state index is 5.38. The van der Waals surface area contributed by atoms with E-state index in [0.29, 0.717) is 0 Å². The molecule has 1 aromatic rings. The van der Waals surface area contributed by atoms with E-state index in [0.717, 1.165) is 11.3 Å². The van der Waals surface area contributed by atoms with Gasteiger partial charge in [-0.05, 0) is 32.4 Å². The lowest BCUT2D eigenvalue weighted by molar-refractivity contribution is 0.646. The summed E-state index contributed by atoms with van der Waals surface area (Å²) in [6.07, 6.45) is 0. The lowest BCUT2D eigenvalue weighted by Crippen LogP contribution is -1.84. The highest BCUT2D eigenvalue weighted by molar-refractivity contribution is 7.99. The van der Waals surface area contributed by atoms with E-state index in [1.807, 2.05) is 19.1 Å². The highest BCUT2D eigenvalue weighted by Gasteiger charge is 1.98. The maximum absolute atomic E-state index is 5.38. The third-order valence-corrected chi connectivity index (χ3v) is 2.16. The molecule has 1 rings (SSSR count). The van der Waals surface area contributed by atoms with E-state index in [2.05, 4.69) is 24.2 Å². The van der Waals surface area contributed by atoms with E-state index in [-0.39, 0.29) is 12.9 Å². The minimum absolute atomic E-state index is 0. The zero-order valence-corrected chi connectivity index (χ0v) is 9.37. The summed E-state index contributed by atoms with van der Waals surface area (Å²) in [7, 11) is 0. The van der Waals surface area contributed by atoms with Gasteiger partial charge in [-0.25, -0.2) is 0 Å². The number of aryl methyl sites for hydroxylation is 2. The highest BCUT2D eigenvalue weighted by Crippen LogP contribution is 2.21. The second-order valence-electron chi connectivity index (χ2n) is 2.79. The molecule has 0 aromatic heterocycles. The largest absolute Gasteiger partial charge is 0.412 e. The van der Waals surface area contributed by atoms with Crippen LogP contribution in [0.1, 0.15) is 25.5 Å². The van der Waals surface area contributed by atoms with Gasteiger partial charge in [-0.15, -0.1) is 0 Å². The summed E-state index contributed by atoms with van der Waals surface area (Å²) in [4.78, 5) is 0. The molecule has 0 aliphatic carbocycles. The van der Waals surface area contributed by atoms with Gasteiger partial charge in [0.15, 0.2) is 0 Å². The Morgan fingerprint density at radius 3 is 2.47 bits per heavy atom. The average Bonchev–Trinajstić information content (AvgIpc) is 2.09. The predicted molar refractivity (Wildman–Crippen MR) is 67.9 cm³/mol. The molecule has 0 fully saturated rings. The topological polar surface area (TPSA) is 40.7 Å². The van der Waals surface area contributed by atoms with Gasteiger partial charge >= 0.3 is 0 Å². The third-order valence-electron chi connectivity index (χ3n) is 1.61. The molecule has 0 bridgehead atoms. The number of hydrogen-bond donors (Lipinski definition) is 0. The fourth-order valence-corrected chi connectivity index (χ4v) is 1.40. The van der Waals surface area contributed by atoms with Crippen LogP contribution in [-0.2, 0) is 0 Å². The summed E-state index contributed by atoms with van der Waals surface area (Å²) in [6, 6.07) is 6.09. The zero-order chi connectivity index (χ0) is 9.68. The Labute approximate surface area is 96.6 Å². The first-order valence-electron chi connectivity index (χ1n) is 4.06. The summed E-state index contributed by atoms with van der Waals surface area (Å²) in [5.74, 6) is 3.64. The van der Waals surface area contributed by atoms with Crippen LogP contribution in [0, 0.1) is 25.0 Å². The third kappa shape index (κ3) is 5.36. The molecule has 0 aliphatic rings. The van der Waals surface area contributed by atoms with E-state index >= 15 is 0 Å². The molecular weight excluding hydrogens is 208 g/mol. The number of benzene rings is 1. The molecule has 3 heteroatoms. The van der Waals surface area contributed by atoms with Gasteiger partial charge in [-0.3, -0.25) is 0 Å². The Bertz CT molecular complexity index is 350. The van der Waals surface area contributed by atoms with E-state index in [1.54, 1.807) is 6.92 Å². The standard InChI is InChI=1S/C11H12OS.CH4.H2O/c1-4-7-13-12-11-6-5-9(2)8-10(11)3;;/h5-6,8H,1-3H3;1H4;1H2. The molecule has 15 heavy (non-hydrogen) atoms. The Hall–Kier alpha value is -1.11. The molecule has 2 N–H and O–H groups in total. The van der Waals surface area contributed by atoms with Crippen LogP contribution in [0.5, 0.6) is 5.75 Å². The first-order valence-corrected chi connectivity index (χ1v) is 4.80. The monoisotopic (exact) mass is 226 g/mol. The number of hydrogen-bond acceptors (Lipinski definition) is 2. The number of rotatable bonds is 2. The van der Waals surface area contributed by atoms with Crippen molar-refractivity contribution in [3.63, 3.8) is 0 Å². The molecular formula is C12H18O2S. The van der Waals surface area contributed by atoms with E-state index in [4.69, 9.17) is 4.18 Å². The summed E-state index contributed by atoms with van der Waals surface area (Å²) in [5.41, 5.74) is 2.39. The van der Waals surface area contributed by atoms with Gasteiger partial charge in [0.25, 0.3) is 0 Å². The fourth-order valence-electron chi connectivity index (χ4n) is 1.00.